The molecule has 0 bridgehead atoms. The van der Waals surface area contributed by atoms with Crippen LogP contribution in [0.3, 0.4) is 0 Å². The number of rotatable bonds is 5. The van der Waals surface area contributed by atoms with E-state index in [0.29, 0.717) is 24.5 Å². The van der Waals surface area contributed by atoms with Crippen LogP contribution in [0.25, 0.3) is 11.3 Å². The summed E-state index contributed by atoms with van der Waals surface area (Å²) >= 11 is 5.91. The van der Waals surface area contributed by atoms with Gasteiger partial charge in [-0.05, 0) is 42.0 Å². The van der Waals surface area contributed by atoms with Crippen LogP contribution >= 0.6 is 11.6 Å². The maximum atomic E-state index is 12.6. The average molecular weight is 423 g/mol. The molecule has 1 aliphatic heterocycles. The molecule has 0 saturated carbocycles. The summed E-state index contributed by atoms with van der Waals surface area (Å²) in [5.74, 6) is 1.75. The number of hydrogen-bond donors (Lipinski definition) is 0. The molecule has 2 heterocycles. The third-order valence-corrected chi connectivity index (χ3v) is 5.49. The van der Waals surface area contributed by atoms with Gasteiger partial charge in [-0.25, -0.2) is 0 Å². The van der Waals surface area contributed by atoms with E-state index in [1.54, 1.807) is 7.11 Å². The lowest BCUT2D eigenvalue weighted by Gasteiger charge is -2.35. The number of amides is 1. The molecule has 1 aliphatic rings. The van der Waals surface area contributed by atoms with E-state index in [4.69, 9.17) is 16.3 Å². The summed E-state index contributed by atoms with van der Waals surface area (Å²) in [5.41, 5.74) is 2.74. The van der Waals surface area contributed by atoms with Crippen LogP contribution in [0.15, 0.2) is 60.7 Å². The van der Waals surface area contributed by atoms with Gasteiger partial charge in [0.2, 0.25) is 5.91 Å². The molecular weight excluding hydrogens is 400 g/mol. The molecule has 4 rings (SSSR count). The van der Waals surface area contributed by atoms with Crippen LogP contribution in [0.4, 0.5) is 5.82 Å². The molecule has 0 unspecified atom stereocenters. The Morgan fingerprint density at radius 3 is 2.43 bits per heavy atom. The van der Waals surface area contributed by atoms with Crippen molar-refractivity contribution in [1.29, 1.82) is 0 Å². The van der Waals surface area contributed by atoms with Gasteiger partial charge in [0, 0.05) is 36.8 Å². The largest absolute Gasteiger partial charge is 0.497 e. The number of aromatic nitrogens is 2. The van der Waals surface area contributed by atoms with Gasteiger partial charge < -0.3 is 14.5 Å². The number of piperazine rings is 1. The van der Waals surface area contributed by atoms with Gasteiger partial charge in [-0.1, -0.05) is 35.9 Å². The smallest absolute Gasteiger partial charge is 0.227 e. The van der Waals surface area contributed by atoms with Crippen LogP contribution in [0.2, 0.25) is 5.02 Å². The van der Waals surface area contributed by atoms with Gasteiger partial charge in [0.05, 0.1) is 19.2 Å². The summed E-state index contributed by atoms with van der Waals surface area (Å²) in [7, 11) is 1.65. The molecule has 1 fully saturated rings. The summed E-state index contributed by atoms with van der Waals surface area (Å²) in [6, 6.07) is 19.1. The number of halogens is 1. The first-order chi connectivity index (χ1) is 14.6. The molecule has 0 N–H and O–H groups in total. The Morgan fingerprint density at radius 1 is 1.00 bits per heavy atom. The summed E-state index contributed by atoms with van der Waals surface area (Å²) in [4.78, 5) is 16.7. The van der Waals surface area contributed by atoms with Crippen LogP contribution in [-0.4, -0.2) is 54.3 Å². The number of benzene rings is 2. The Hall–Kier alpha value is -3.12. The van der Waals surface area contributed by atoms with Crippen molar-refractivity contribution in [3.8, 4) is 17.0 Å². The molecule has 0 radical (unpaired) electrons. The highest BCUT2D eigenvalue weighted by molar-refractivity contribution is 6.30. The van der Waals surface area contributed by atoms with Crippen molar-refractivity contribution in [2.75, 3.05) is 38.2 Å². The Morgan fingerprint density at radius 2 is 1.77 bits per heavy atom. The molecule has 0 spiro atoms. The predicted molar refractivity (Wildman–Crippen MR) is 118 cm³/mol. The lowest BCUT2D eigenvalue weighted by atomic mass is 10.1. The van der Waals surface area contributed by atoms with Crippen molar-refractivity contribution < 1.29 is 9.53 Å². The van der Waals surface area contributed by atoms with Gasteiger partial charge >= 0.3 is 0 Å². The minimum atomic E-state index is 0.136. The zero-order valence-electron chi connectivity index (χ0n) is 16.8. The van der Waals surface area contributed by atoms with E-state index in [-0.39, 0.29) is 5.91 Å². The van der Waals surface area contributed by atoms with Gasteiger partial charge in [-0.3, -0.25) is 4.79 Å². The molecule has 3 aromatic rings. The summed E-state index contributed by atoms with van der Waals surface area (Å²) in [6.07, 6.45) is 0.395. The van der Waals surface area contributed by atoms with Crippen LogP contribution in [0.5, 0.6) is 5.75 Å². The number of ether oxygens (including phenoxy) is 1. The highest BCUT2D eigenvalue weighted by Crippen LogP contribution is 2.23. The van der Waals surface area contributed by atoms with Gasteiger partial charge in [0.15, 0.2) is 5.82 Å². The fraction of sp³-hybridized carbons (Fsp3) is 0.261. The van der Waals surface area contributed by atoms with Crippen LogP contribution in [0, 0.1) is 0 Å². The number of hydrogen-bond acceptors (Lipinski definition) is 5. The lowest BCUT2D eigenvalue weighted by Crippen LogP contribution is -2.49. The van der Waals surface area contributed by atoms with Gasteiger partial charge in [-0.2, -0.15) is 0 Å². The van der Waals surface area contributed by atoms with Crippen LogP contribution in [0.1, 0.15) is 5.56 Å². The van der Waals surface area contributed by atoms with Crippen LogP contribution < -0.4 is 9.64 Å². The molecule has 7 heteroatoms. The zero-order valence-corrected chi connectivity index (χ0v) is 17.5. The zero-order chi connectivity index (χ0) is 20.9. The Bertz CT molecular complexity index is 1000. The number of anilines is 1. The van der Waals surface area contributed by atoms with Crippen molar-refractivity contribution >= 4 is 23.3 Å². The molecule has 1 saturated heterocycles. The third-order valence-electron chi connectivity index (χ3n) is 5.24. The maximum absolute atomic E-state index is 12.6. The molecule has 154 valence electrons. The molecule has 30 heavy (non-hydrogen) atoms. The number of carbonyl (C=O) groups is 1. The van der Waals surface area contributed by atoms with E-state index < -0.39 is 0 Å². The Kier molecular flexibility index (Phi) is 6.14. The highest BCUT2D eigenvalue weighted by Gasteiger charge is 2.22. The fourth-order valence-electron chi connectivity index (χ4n) is 3.50. The second kappa shape index (κ2) is 9.13. The first-order valence-corrected chi connectivity index (χ1v) is 10.3. The van der Waals surface area contributed by atoms with E-state index in [1.807, 2.05) is 65.6 Å². The first kappa shape index (κ1) is 20.2. The van der Waals surface area contributed by atoms with Crippen molar-refractivity contribution in [3.05, 3.63) is 71.2 Å². The molecule has 6 nitrogen and oxygen atoms in total. The Balaban J connectivity index is 1.34. The summed E-state index contributed by atoms with van der Waals surface area (Å²) in [5, 5.41) is 9.46. The topological polar surface area (TPSA) is 58.6 Å². The quantitative estimate of drug-likeness (QED) is 0.627. The van der Waals surface area contributed by atoms with Gasteiger partial charge in [-0.15, -0.1) is 10.2 Å². The predicted octanol–water partition coefficient (Wildman–Crippen LogP) is 3.70. The van der Waals surface area contributed by atoms with E-state index in [2.05, 4.69) is 15.1 Å². The SMILES string of the molecule is COc1cccc(-c2ccc(N3CCN(C(=O)Cc4ccc(Cl)cc4)CC3)nn2)c1. The molecule has 2 aromatic carbocycles. The third kappa shape index (κ3) is 4.71. The van der Waals surface area contributed by atoms with E-state index in [1.165, 1.54) is 0 Å². The van der Waals surface area contributed by atoms with Crippen molar-refractivity contribution in [2.24, 2.45) is 0 Å². The lowest BCUT2D eigenvalue weighted by molar-refractivity contribution is -0.130. The standard InChI is InChI=1S/C23H23ClN4O2/c1-30-20-4-2-3-18(16-20)21-9-10-22(26-25-21)27-11-13-28(14-12-27)23(29)15-17-5-7-19(24)8-6-17/h2-10,16H,11-15H2,1H3. The van der Waals surface area contributed by atoms with Gasteiger partial charge in [0.25, 0.3) is 0 Å². The van der Waals surface area contributed by atoms with E-state index in [9.17, 15) is 4.79 Å². The van der Waals surface area contributed by atoms with Crippen molar-refractivity contribution in [3.63, 3.8) is 0 Å². The summed E-state index contributed by atoms with van der Waals surface area (Å²) in [6.45, 7) is 2.82. The van der Waals surface area contributed by atoms with Gasteiger partial charge in [0.1, 0.15) is 5.75 Å². The van der Waals surface area contributed by atoms with Crippen molar-refractivity contribution in [2.45, 2.75) is 6.42 Å². The Labute approximate surface area is 181 Å². The molecule has 1 aromatic heterocycles. The monoisotopic (exact) mass is 422 g/mol. The fourth-order valence-corrected chi connectivity index (χ4v) is 3.63. The van der Waals surface area contributed by atoms with Crippen molar-refractivity contribution in [1.82, 2.24) is 15.1 Å². The number of nitrogens with zero attached hydrogens (tertiary/aromatic N) is 4. The average Bonchev–Trinajstić information content (AvgIpc) is 2.81. The number of methoxy groups -OCH3 is 1. The second-order valence-corrected chi connectivity index (χ2v) is 7.62. The second-order valence-electron chi connectivity index (χ2n) is 7.18. The normalized spacial score (nSPS) is 13.9. The maximum Gasteiger partial charge on any atom is 0.227 e. The minimum absolute atomic E-state index is 0.136. The highest BCUT2D eigenvalue weighted by atomic mass is 35.5. The molecular formula is C23H23ClN4O2. The minimum Gasteiger partial charge on any atom is -0.497 e. The molecule has 1 amide bonds. The molecule has 0 aliphatic carbocycles. The van der Waals surface area contributed by atoms with E-state index in [0.717, 1.165) is 41.5 Å². The van der Waals surface area contributed by atoms with E-state index >= 15 is 0 Å². The molecule has 0 atom stereocenters. The summed E-state index contributed by atoms with van der Waals surface area (Å²) < 4.78 is 5.27. The number of carbonyl (C=O) groups excluding carboxylic acids is 1. The van der Waals surface area contributed by atoms with Crippen LogP contribution in [-0.2, 0) is 11.2 Å². The first-order valence-electron chi connectivity index (χ1n) is 9.88.